The van der Waals surface area contributed by atoms with Crippen LogP contribution in [0.2, 0.25) is 25.7 Å². The summed E-state index contributed by atoms with van der Waals surface area (Å²) in [6.07, 6.45) is 5.23. The average Bonchev–Trinajstić information content (AvgIpc) is 3.31. The van der Waals surface area contributed by atoms with Crippen LogP contribution in [0.1, 0.15) is 28.7 Å². The predicted octanol–water partition coefficient (Wildman–Crippen LogP) is 3.74. The number of carbonyl (C=O) groups excluding carboxylic acids is 1. The van der Waals surface area contributed by atoms with Gasteiger partial charge >= 0.3 is 5.97 Å². The third-order valence-electron chi connectivity index (χ3n) is 4.50. The number of rotatable bonds is 11. The lowest BCUT2D eigenvalue weighted by atomic mass is 10.3. The Hall–Kier alpha value is -2.49. The zero-order valence-corrected chi connectivity index (χ0v) is 19.1. The highest BCUT2D eigenvalue weighted by molar-refractivity contribution is 6.76. The van der Waals surface area contributed by atoms with Crippen molar-refractivity contribution in [1.29, 1.82) is 0 Å². The highest BCUT2D eigenvalue weighted by atomic mass is 28.3. The van der Waals surface area contributed by atoms with Gasteiger partial charge in [0.1, 0.15) is 12.4 Å². The number of hydrogen-bond donors (Lipinski definition) is 0. The molecule has 0 bridgehead atoms. The van der Waals surface area contributed by atoms with Crippen molar-refractivity contribution >= 4 is 19.7 Å². The van der Waals surface area contributed by atoms with Crippen molar-refractivity contribution in [3.8, 4) is 0 Å². The van der Waals surface area contributed by atoms with Crippen LogP contribution in [0.5, 0.6) is 0 Å². The van der Waals surface area contributed by atoms with Crippen molar-refractivity contribution in [2.45, 2.75) is 52.6 Å². The smallest absolute Gasteiger partial charge is 0.356 e. The van der Waals surface area contributed by atoms with Gasteiger partial charge in [0.05, 0.1) is 31.7 Å². The minimum Gasteiger partial charge on any atom is -0.461 e. The highest BCUT2D eigenvalue weighted by Crippen LogP contribution is 2.13. The summed E-state index contributed by atoms with van der Waals surface area (Å²) in [6.45, 7) is 11.2. The van der Waals surface area contributed by atoms with Gasteiger partial charge in [0, 0.05) is 27.1 Å². The Balaban J connectivity index is 1.47. The van der Waals surface area contributed by atoms with Crippen molar-refractivity contribution in [1.82, 2.24) is 19.2 Å². The van der Waals surface area contributed by atoms with Crippen LogP contribution >= 0.6 is 0 Å². The number of fused-ring (bicyclic) bond motifs is 1. The largest absolute Gasteiger partial charge is 0.461 e. The molecule has 9 heteroatoms. The maximum Gasteiger partial charge on any atom is 0.356 e. The fourth-order valence-electron chi connectivity index (χ4n) is 2.83. The molecule has 0 amide bonds. The van der Waals surface area contributed by atoms with Crippen molar-refractivity contribution in [2.24, 2.45) is 0 Å². The molecule has 0 fully saturated rings. The van der Waals surface area contributed by atoms with Crippen molar-refractivity contribution in [3.63, 3.8) is 0 Å². The van der Waals surface area contributed by atoms with Crippen molar-refractivity contribution in [2.75, 3.05) is 13.2 Å². The quantitative estimate of drug-likeness (QED) is 0.262. The molecule has 3 aromatic rings. The molecule has 0 aliphatic heterocycles. The Morgan fingerprint density at radius 1 is 1.13 bits per heavy atom. The van der Waals surface area contributed by atoms with Gasteiger partial charge in [0.15, 0.2) is 5.69 Å². The number of ether oxygens (including phenoxy) is 3. The molecule has 0 aliphatic rings. The van der Waals surface area contributed by atoms with E-state index in [-0.39, 0.29) is 5.97 Å². The van der Waals surface area contributed by atoms with Crippen molar-refractivity contribution < 1.29 is 19.0 Å². The first kappa shape index (κ1) is 22.2. The monoisotopic (exact) mass is 430 g/mol. The zero-order chi connectivity index (χ0) is 21.6. The summed E-state index contributed by atoms with van der Waals surface area (Å²) in [5, 5.41) is 4.48. The van der Waals surface area contributed by atoms with E-state index >= 15 is 0 Å². The second-order valence-electron chi connectivity index (χ2n) is 8.31. The van der Waals surface area contributed by atoms with Gasteiger partial charge in [-0.15, -0.1) is 0 Å². The summed E-state index contributed by atoms with van der Waals surface area (Å²) in [5.41, 5.74) is 2.92. The third-order valence-corrected chi connectivity index (χ3v) is 6.20. The minimum absolute atomic E-state index is 0.332. The molecular formula is C21H30N4O4Si. The number of carbonyl (C=O) groups is 1. The van der Waals surface area contributed by atoms with E-state index in [0.29, 0.717) is 37.9 Å². The molecule has 0 atom stereocenters. The number of imidazole rings is 1. The lowest BCUT2D eigenvalue weighted by Gasteiger charge is -2.15. The first-order chi connectivity index (χ1) is 14.4. The van der Waals surface area contributed by atoms with Crippen LogP contribution in [-0.2, 0) is 34.2 Å². The molecule has 30 heavy (non-hydrogen) atoms. The number of aromatic nitrogens is 4. The summed E-state index contributed by atoms with van der Waals surface area (Å²) in [6, 6.07) is 6.88. The summed E-state index contributed by atoms with van der Waals surface area (Å²) in [7, 11) is -1.07. The highest BCUT2D eigenvalue weighted by Gasteiger charge is 2.13. The topological polar surface area (TPSA) is 79.9 Å². The number of pyridine rings is 1. The molecule has 8 nitrogen and oxygen atoms in total. The summed E-state index contributed by atoms with van der Waals surface area (Å²) in [4.78, 5) is 16.2. The van der Waals surface area contributed by atoms with Gasteiger partial charge in [0.25, 0.3) is 0 Å². The lowest BCUT2D eigenvalue weighted by molar-refractivity contribution is 0.0518. The molecule has 0 spiro atoms. The van der Waals surface area contributed by atoms with Crippen LogP contribution in [0.15, 0.2) is 36.8 Å². The molecule has 0 saturated carbocycles. The van der Waals surface area contributed by atoms with Crippen LogP contribution in [0.4, 0.5) is 0 Å². The van der Waals surface area contributed by atoms with E-state index in [9.17, 15) is 4.79 Å². The molecule has 0 aliphatic carbocycles. The van der Waals surface area contributed by atoms with Crippen LogP contribution in [0, 0.1) is 0 Å². The summed E-state index contributed by atoms with van der Waals surface area (Å²) in [5.74, 6) is -0.381. The number of nitrogens with zero attached hydrogens (tertiary/aromatic N) is 4. The Morgan fingerprint density at radius 2 is 1.97 bits per heavy atom. The Labute approximate surface area is 177 Å². The second-order valence-corrected chi connectivity index (χ2v) is 13.9. The van der Waals surface area contributed by atoms with Crippen LogP contribution in [-0.4, -0.2) is 46.4 Å². The van der Waals surface area contributed by atoms with Gasteiger partial charge in [-0.1, -0.05) is 19.6 Å². The third kappa shape index (κ3) is 6.25. The lowest BCUT2D eigenvalue weighted by Crippen LogP contribution is -2.22. The van der Waals surface area contributed by atoms with Gasteiger partial charge in [0.2, 0.25) is 0 Å². The van der Waals surface area contributed by atoms with E-state index in [4.69, 9.17) is 14.2 Å². The van der Waals surface area contributed by atoms with Crippen LogP contribution < -0.4 is 0 Å². The van der Waals surface area contributed by atoms with Gasteiger partial charge in [-0.2, -0.15) is 5.10 Å². The average molecular weight is 431 g/mol. The van der Waals surface area contributed by atoms with Crippen LogP contribution in [0.3, 0.4) is 0 Å². The fraction of sp³-hybridized carbons (Fsp3) is 0.476. The van der Waals surface area contributed by atoms with Crippen LogP contribution in [0.25, 0.3) is 5.65 Å². The second kappa shape index (κ2) is 10.0. The molecule has 0 radical (unpaired) electrons. The summed E-state index contributed by atoms with van der Waals surface area (Å²) < 4.78 is 20.0. The summed E-state index contributed by atoms with van der Waals surface area (Å²) >= 11 is 0. The molecule has 3 heterocycles. The molecule has 0 unspecified atom stereocenters. The molecule has 162 valence electrons. The maximum atomic E-state index is 11.9. The normalized spacial score (nSPS) is 11.9. The van der Waals surface area contributed by atoms with Gasteiger partial charge in [-0.3, -0.25) is 4.40 Å². The van der Waals surface area contributed by atoms with E-state index in [2.05, 4.69) is 29.7 Å². The Morgan fingerprint density at radius 3 is 2.73 bits per heavy atom. The van der Waals surface area contributed by atoms with E-state index in [0.717, 1.165) is 23.9 Å². The number of hydrogen-bond acceptors (Lipinski definition) is 6. The first-order valence-corrected chi connectivity index (χ1v) is 13.9. The van der Waals surface area contributed by atoms with E-state index in [1.54, 1.807) is 22.2 Å². The standard InChI is InChI=1S/C21H30N4O4Si/c1-5-29-21(26)19-13-22-20-12-17(6-9-25(19)20)14-28-15-18-7-8-24(23-18)16-27-10-11-30(2,3)4/h6-9,12-13H,5,10-11,14-16H2,1-4H3. The minimum atomic E-state index is -1.07. The van der Waals surface area contributed by atoms with Gasteiger partial charge in [-0.25, -0.2) is 14.5 Å². The Bertz CT molecular complexity index is 977. The molecule has 3 aromatic heterocycles. The SMILES string of the molecule is CCOC(=O)c1cnc2cc(COCc3ccn(COCC[Si](C)(C)C)n3)ccn12. The van der Waals surface area contributed by atoms with Crippen molar-refractivity contribution in [3.05, 3.63) is 53.7 Å². The number of esters is 1. The maximum absolute atomic E-state index is 11.9. The van der Waals surface area contributed by atoms with E-state index < -0.39 is 8.07 Å². The molecular weight excluding hydrogens is 400 g/mol. The molecule has 0 saturated heterocycles. The van der Waals surface area contributed by atoms with E-state index in [1.807, 2.05) is 24.4 Å². The molecule has 3 rings (SSSR count). The predicted molar refractivity (Wildman–Crippen MR) is 116 cm³/mol. The molecule has 0 aromatic carbocycles. The Kier molecular flexibility index (Phi) is 7.41. The van der Waals surface area contributed by atoms with Gasteiger partial charge < -0.3 is 14.2 Å². The van der Waals surface area contributed by atoms with Gasteiger partial charge in [-0.05, 0) is 36.7 Å². The van der Waals surface area contributed by atoms with E-state index in [1.165, 1.54) is 6.20 Å². The first-order valence-electron chi connectivity index (χ1n) is 10.2. The fourth-order valence-corrected chi connectivity index (χ4v) is 3.59. The zero-order valence-electron chi connectivity index (χ0n) is 18.1. The molecule has 0 N–H and O–H groups in total.